The van der Waals surface area contributed by atoms with Gasteiger partial charge >= 0.3 is 0 Å². The number of benzene rings is 1. The first-order valence-electron chi connectivity index (χ1n) is 7.07. The van der Waals surface area contributed by atoms with E-state index < -0.39 is 0 Å². The standard InChI is InChI=1S/C16H16N4O2/c21-15(9-8-12-5-2-1-3-6-12)17-11-14-18-16(20-19-14)13-7-4-10-22-13/h1-7,10H,8-9,11H2,(H,17,21)(H,18,19,20). The van der Waals surface area contributed by atoms with Gasteiger partial charge in [-0.1, -0.05) is 30.3 Å². The van der Waals surface area contributed by atoms with Crippen LogP contribution >= 0.6 is 0 Å². The third kappa shape index (κ3) is 3.60. The van der Waals surface area contributed by atoms with E-state index in [1.54, 1.807) is 18.4 Å². The molecule has 0 aliphatic heterocycles. The van der Waals surface area contributed by atoms with Crippen LogP contribution in [0.1, 0.15) is 17.8 Å². The predicted octanol–water partition coefficient (Wildman–Crippen LogP) is 2.31. The molecule has 0 aliphatic rings. The van der Waals surface area contributed by atoms with Gasteiger partial charge in [-0.2, -0.15) is 0 Å². The normalized spacial score (nSPS) is 10.5. The summed E-state index contributed by atoms with van der Waals surface area (Å²) in [5.74, 6) is 1.66. The Balaban J connectivity index is 1.47. The Kier molecular flexibility index (Phi) is 4.29. The van der Waals surface area contributed by atoms with Crippen LogP contribution in [-0.4, -0.2) is 21.1 Å². The fraction of sp³-hybridized carbons (Fsp3) is 0.188. The minimum absolute atomic E-state index is 0.0141. The van der Waals surface area contributed by atoms with E-state index >= 15 is 0 Å². The van der Waals surface area contributed by atoms with Crippen molar-refractivity contribution in [1.29, 1.82) is 0 Å². The minimum Gasteiger partial charge on any atom is -0.461 e. The first-order valence-corrected chi connectivity index (χ1v) is 7.07. The average Bonchev–Trinajstić information content (AvgIpc) is 3.22. The minimum atomic E-state index is -0.0141. The van der Waals surface area contributed by atoms with Gasteiger partial charge in [0.1, 0.15) is 5.82 Å². The highest BCUT2D eigenvalue weighted by Crippen LogP contribution is 2.14. The number of nitrogens with zero attached hydrogens (tertiary/aromatic N) is 2. The van der Waals surface area contributed by atoms with Crippen LogP contribution in [0, 0.1) is 0 Å². The average molecular weight is 296 g/mol. The molecule has 1 amide bonds. The van der Waals surface area contributed by atoms with Crippen molar-refractivity contribution >= 4 is 5.91 Å². The Morgan fingerprint density at radius 1 is 1.18 bits per heavy atom. The zero-order chi connectivity index (χ0) is 15.2. The number of hydrogen-bond acceptors (Lipinski definition) is 4. The SMILES string of the molecule is O=C(CCc1ccccc1)NCc1nc(-c2ccco2)n[nH]1. The maximum Gasteiger partial charge on any atom is 0.220 e. The van der Waals surface area contributed by atoms with Crippen molar-refractivity contribution in [2.75, 3.05) is 0 Å². The van der Waals surface area contributed by atoms with E-state index in [4.69, 9.17) is 4.42 Å². The summed E-state index contributed by atoms with van der Waals surface area (Å²) in [5, 5.41) is 9.66. The van der Waals surface area contributed by atoms with Crippen molar-refractivity contribution < 1.29 is 9.21 Å². The number of nitrogens with one attached hydrogen (secondary N) is 2. The van der Waals surface area contributed by atoms with Crippen LogP contribution in [0.3, 0.4) is 0 Å². The lowest BCUT2D eigenvalue weighted by atomic mass is 10.1. The highest BCUT2D eigenvalue weighted by Gasteiger charge is 2.09. The molecular weight excluding hydrogens is 280 g/mol. The van der Waals surface area contributed by atoms with Gasteiger partial charge in [-0.15, -0.1) is 5.10 Å². The van der Waals surface area contributed by atoms with Gasteiger partial charge in [0.05, 0.1) is 12.8 Å². The van der Waals surface area contributed by atoms with E-state index in [9.17, 15) is 4.79 Å². The van der Waals surface area contributed by atoms with Gasteiger partial charge in [0.15, 0.2) is 5.76 Å². The topological polar surface area (TPSA) is 83.8 Å². The number of aromatic nitrogens is 3. The largest absolute Gasteiger partial charge is 0.461 e. The Hall–Kier alpha value is -2.89. The number of hydrogen-bond donors (Lipinski definition) is 2. The molecular formula is C16H16N4O2. The van der Waals surface area contributed by atoms with Crippen LogP contribution in [0.15, 0.2) is 53.1 Å². The molecule has 22 heavy (non-hydrogen) atoms. The molecule has 0 atom stereocenters. The molecule has 0 aliphatic carbocycles. The number of H-pyrrole nitrogens is 1. The number of carbonyl (C=O) groups excluding carboxylic acids is 1. The lowest BCUT2D eigenvalue weighted by Crippen LogP contribution is -2.23. The van der Waals surface area contributed by atoms with Crippen LogP contribution in [0.2, 0.25) is 0 Å². The molecule has 3 rings (SSSR count). The molecule has 0 bridgehead atoms. The monoisotopic (exact) mass is 296 g/mol. The van der Waals surface area contributed by atoms with Crippen LogP contribution in [-0.2, 0) is 17.8 Å². The van der Waals surface area contributed by atoms with E-state index in [1.807, 2.05) is 30.3 Å². The van der Waals surface area contributed by atoms with E-state index in [0.717, 1.165) is 12.0 Å². The Bertz CT molecular complexity index is 720. The summed E-state index contributed by atoms with van der Waals surface area (Å²) in [4.78, 5) is 16.1. The highest BCUT2D eigenvalue weighted by molar-refractivity contribution is 5.76. The summed E-state index contributed by atoms with van der Waals surface area (Å²) in [6, 6.07) is 13.5. The number of rotatable bonds is 6. The van der Waals surface area contributed by atoms with Crippen molar-refractivity contribution in [3.05, 3.63) is 60.1 Å². The molecule has 0 saturated carbocycles. The van der Waals surface area contributed by atoms with Gasteiger partial charge in [0.2, 0.25) is 11.7 Å². The summed E-state index contributed by atoms with van der Waals surface area (Å²) < 4.78 is 5.21. The fourth-order valence-electron chi connectivity index (χ4n) is 2.06. The highest BCUT2D eigenvalue weighted by atomic mass is 16.3. The van der Waals surface area contributed by atoms with E-state index in [-0.39, 0.29) is 5.91 Å². The van der Waals surface area contributed by atoms with Gasteiger partial charge in [-0.3, -0.25) is 9.89 Å². The van der Waals surface area contributed by atoms with Crippen molar-refractivity contribution in [1.82, 2.24) is 20.5 Å². The van der Waals surface area contributed by atoms with E-state index in [1.165, 1.54) is 0 Å². The van der Waals surface area contributed by atoms with Crippen LogP contribution in [0.5, 0.6) is 0 Å². The molecule has 112 valence electrons. The summed E-state index contributed by atoms with van der Waals surface area (Å²) >= 11 is 0. The molecule has 0 fully saturated rings. The predicted molar refractivity (Wildman–Crippen MR) is 80.7 cm³/mol. The van der Waals surface area contributed by atoms with E-state index in [2.05, 4.69) is 20.5 Å². The fourth-order valence-corrected chi connectivity index (χ4v) is 2.06. The maximum atomic E-state index is 11.8. The third-order valence-corrected chi connectivity index (χ3v) is 3.21. The molecule has 1 aromatic carbocycles. The van der Waals surface area contributed by atoms with Gasteiger partial charge in [-0.05, 0) is 24.1 Å². The van der Waals surface area contributed by atoms with Gasteiger partial charge in [0, 0.05) is 6.42 Å². The Labute approximate surface area is 127 Å². The second kappa shape index (κ2) is 6.71. The Morgan fingerprint density at radius 2 is 2.05 bits per heavy atom. The number of aryl methyl sites for hydroxylation is 1. The lowest BCUT2D eigenvalue weighted by molar-refractivity contribution is -0.121. The zero-order valence-corrected chi connectivity index (χ0v) is 12.0. The lowest BCUT2D eigenvalue weighted by Gasteiger charge is -2.03. The smallest absolute Gasteiger partial charge is 0.220 e. The number of carbonyl (C=O) groups is 1. The molecule has 6 heteroatoms. The molecule has 0 saturated heterocycles. The molecule has 2 heterocycles. The first kappa shape index (κ1) is 14.1. The van der Waals surface area contributed by atoms with Crippen LogP contribution in [0.4, 0.5) is 0 Å². The summed E-state index contributed by atoms with van der Waals surface area (Å²) in [6.45, 7) is 0.321. The maximum absolute atomic E-state index is 11.8. The van der Waals surface area contributed by atoms with Crippen molar-refractivity contribution in [2.24, 2.45) is 0 Å². The molecule has 0 unspecified atom stereocenters. The molecule has 2 N–H and O–H groups in total. The molecule has 0 spiro atoms. The Morgan fingerprint density at radius 3 is 2.82 bits per heavy atom. The quantitative estimate of drug-likeness (QED) is 0.731. The van der Waals surface area contributed by atoms with Crippen molar-refractivity contribution in [3.8, 4) is 11.6 Å². The summed E-state index contributed by atoms with van der Waals surface area (Å²) in [6.07, 6.45) is 2.74. The molecule has 6 nitrogen and oxygen atoms in total. The van der Waals surface area contributed by atoms with Crippen LogP contribution in [0.25, 0.3) is 11.6 Å². The van der Waals surface area contributed by atoms with Gasteiger partial charge in [0.25, 0.3) is 0 Å². The zero-order valence-electron chi connectivity index (χ0n) is 12.0. The number of amides is 1. The van der Waals surface area contributed by atoms with Gasteiger partial charge in [-0.25, -0.2) is 4.98 Å². The molecule has 3 aromatic rings. The van der Waals surface area contributed by atoms with Crippen molar-refractivity contribution in [3.63, 3.8) is 0 Å². The summed E-state index contributed by atoms with van der Waals surface area (Å²) in [5.41, 5.74) is 1.15. The second-order valence-electron chi connectivity index (χ2n) is 4.85. The third-order valence-electron chi connectivity index (χ3n) is 3.21. The van der Waals surface area contributed by atoms with E-state index in [0.29, 0.717) is 30.4 Å². The summed E-state index contributed by atoms with van der Waals surface area (Å²) in [7, 11) is 0. The number of furan rings is 1. The van der Waals surface area contributed by atoms with Gasteiger partial charge < -0.3 is 9.73 Å². The molecule has 0 radical (unpaired) electrons. The molecule has 2 aromatic heterocycles. The second-order valence-corrected chi connectivity index (χ2v) is 4.85. The first-order chi connectivity index (χ1) is 10.8. The van der Waals surface area contributed by atoms with Crippen LogP contribution < -0.4 is 5.32 Å². The number of aromatic amines is 1. The van der Waals surface area contributed by atoms with Crippen molar-refractivity contribution in [2.45, 2.75) is 19.4 Å².